The van der Waals surface area contributed by atoms with Gasteiger partial charge in [-0.05, 0) is 36.4 Å². The van der Waals surface area contributed by atoms with Crippen LogP contribution < -0.4 is 5.32 Å². The maximum Gasteiger partial charge on any atom is 0.143 e. The SMILES string of the molecule is Clc1cccc2nn(-c3ccccc3)c(Nc3ccccc3)c12. The van der Waals surface area contributed by atoms with Gasteiger partial charge in [-0.2, -0.15) is 5.10 Å². The number of nitrogens with zero attached hydrogens (tertiary/aromatic N) is 2. The zero-order valence-electron chi connectivity index (χ0n) is 12.3. The highest BCUT2D eigenvalue weighted by molar-refractivity contribution is 6.36. The van der Waals surface area contributed by atoms with Crippen molar-refractivity contribution in [3.63, 3.8) is 0 Å². The highest BCUT2D eigenvalue weighted by atomic mass is 35.5. The Morgan fingerprint density at radius 3 is 2.22 bits per heavy atom. The van der Waals surface area contributed by atoms with Gasteiger partial charge < -0.3 is 5.32 Å². The fourth-order valence-electron chi connectivity index (χ4n) is 2.62. The molecule has 0 saturated carbocycles. The number of anilines is 2. The minimum Gasteiger partial charge on any atom is -0.340 e. The maximum absolute atomic E-state index is 6.44. The quantitative estimate of drug-likeness (QED) is 0.546. The largest absolute Gasteiger partial charge is 0.340 e. The van der Waals surface area contributed by atoms with E-state index >= 15 is 0 Å². The first-order valence-corrected chi connectivity index (χ1v) is 7.75. The standard InChI is InChI=1S/C19H14ClN3/c20-16-12-7-13-17-18(16)19(21-14-8-3-1-4-9-14)23(22-17)15-10-5-2-6-11-15/h1-13,21H. The predicted molar refractivity (Wildman–Crippen MR) is 95.8 cm³/mol. The Kier molecular flexibility index (Phi) is 3.48. The summed E-state index contributed by atoms with van der Waals surface area (Å²) in [5, 5.41) is 9.76. The van der Waals surface area contributed by atoms with Crippen molar-refractivity contribution in [3.05, 3.63) is 83.9 Å². The number of para-hydroxylation sites is 2. The summed E-state index contributed by atoms with van der Waals surface area (Å²) < 4.78 is 1.89. The lowest BCUT2D eigenvalue weighted by molar-refractivity contribution is 0.904. The van der Waals surface area contributed by atoms with Crippen molar-refractivity contribution < 1.29 is 0 Å². The summed E-state index contributed by atoms with van der Waals surface area (Å²) in [6.45, 7) is 0. The molecule has 1 heterocycles. The number of hydrogen-bond donors (Lipinski definition) is 1. The predicted octanol–water partition coefficient (Wildman–Crippen LogP) is 5.42. The van der Waals surface area contributed by atoms with Crippen molar-refractivity contribution in [2.75, 3.05) is 5.32 Å². The molecule has 1 N–H and O–H groups in total. The summed E-state index contributed by atoms with van der Waals surface area (Å²) in [4.78, 5) is 0. The molecular weight excluding hydrogens is 306 g/mol. The van der Waals surface area contributed by atoms with Crippen molar-refractivity contribution in [2.24, 2.45) is 0 Å². The zero-order chi connectivity index (χ0) is 15.6. The molecule has 0 fully saturated rings. The van der Waals surface area contributed by atoms with Gasteiger partial charge in [0.2, 0.25) is 0 Å². The Morgan fingerprint density at radius 2 is 1.48 bits per heavy atom. The van der Waals surface area contributed by atoms with E-state index in [2.05, 4.69) is 5.32 Å². The summed E-state index contributed by atoms with van der Waals surface area (Å²) in [7, 11) is 0. The third kappa shape index (κ3) is 2.56. The number of nitrogens with one attached hydrogen (secondary N) is 1. The zero-order valence-corrected chi connectivity index (χ0v) is 13.0. The Morgan fingerprint density at radius 1 is 0.783 bits per heavy atom. The van der Waals surface area contributed by atoms with Gasteiger partial charge in [-0.1, -0.05) is 54.1 Å². The number of halogens is 1. The second-order valence-electron chi connectivity index (χ2n) is 5.22. The fourth-order valence-corrected chi connectivity index (χ4v) is 2.88. The fraction of sp³-hybridized carbons (Fsp3) is 0. The molecule has 0 radical (unpaired) electrons. The van der Waals surface area contributed by atoms with Crippen LogP contribution in [0.15, 0.2) is 78.9 Å². The first kappa shape index (κ1) is 13.9. The molecule has 0 bridgehead atoms. The molecule has 3 aromatic carbocycles. The van der Waals surface area contributed by atoms with Crippen LogP contribution >= 0.6 is 11.6 Å². The van der Waals surface area contributed by atoms with Gasteiger partial charge in [0.15, 0.2) is 0 Å². The van der Waals surface area contributed by atoms with E-state index in [0.717, 1.165) is 28.1 Å². The molecule has 3 nitrogen and oxygen atoms in total. The van der Waals surface area contributed by atoms with Crippen molar-refractivity contribution >= 4 is 34.0 Å². The smallest absolute Gasteiger partial charge is 0.143 e. The van der Waals surface area contributed by atoms with Crippen LogP contribution in [0.4, 0.5) is 11.5 Å². The summed E-state index contributed by atoms with van der Waals surface area (Å²) in [6, 6.07) is 25.8. The summed E-state index contributed by atoms with van der Waals surface area (Å²) in [5.74, 6) is 0.864. The molecule has 1 aromatic heterocycles. The van der Waals surface area contributed by atoms with E-state index < -0.39 is 0 Å². The maximum atomic E-state index is 6.44. The van der Waals surface area contributed by atoms with Crippen molar-refractivity contribution in [1.82, 2.24) is 9.78 Å². The Bertz CT molecular complexity index is 946. The van der Waals surface area contributed by atoms with Gasteiger partial charge in [0.1, 0.15) is 5.82 Å². The van der Waals surface area contributed by atoms with Gasteiger partial charge in [-0.25, -0.2) is 4.68 Å². The third-order valence-electron chi connectivity index (χ3n) is 3.69. The molecular formula is C19H14ClN3. The number of aromatic nitrogens is 2. The number of fused-ring (bicyclic) bond motifs is 1. The van der Waals surface area contributed by atoms with E-state index in [0.29, 0.717) is 5.02 Å². The van der Waals surface area contributed by atoms with Crippen molar-refractivity contribution in [2.45, 2.75) is 0 Å². The summed E-state index contributed by atoms with van der Waals surface area (Å²) in [6.07, 6.45) is 0. The third-order valence-corrected chi connectivity index (χ3v) is 4.00. The molecule has 0 aliphatic heterocycles. The van der Waals surface area contributed by atoms with Crippen LogP contribution in [0.3, 0.4) is 0 Å². The topological polar surface area (TPSA) is 29.9 Å². The number of hydrogen-bond acceptors (Lipinski definition) is 2. The molecule has 0 spiro atoms. The van der Waals surface area contributed by atoms with E-state index in [4.69, 9.17) is 16.7 Å². The minimum atomic E-state index is 0.683. The second-order valence-corrected chi connectivity index (χ2v) is 5.63. The molecule has 0 unspecified atom stereocenters. The second kappa shape index (κ2) is 5.78. The number of rotatable bonds is 3. The van der Waals surface area contributed by atoms with E-state index in [1.54, 1.807) is 0 Å². The lowest BCUT2D eigenvalue weighted by atomic mass is 10.2. The van der Waals surface area contributed by atoms with E-state index in [1.165, 1.54) is 0 Å². The average molecular weight is 320 g/mol. The lowest BCUT2D eigenvalue weighted by Gasteiger charge is -2.10. The molecule has 23 heavy (non-hydrogen) atoms. The van der Waals surface area contributed by atoms with Crippen LogP contribution in [0.5, 0.6) is 0 Å². The highest BCUT2D eigenvalue weighted by Crippen LogP contribution is 2.34. The van der Waals surface area contributed by atoms with Gasteiger partial charge in [0, 0.05) is 5.69 Å². The molecule has 4 rings (SSSR count). The first-order chi connectivity index (χ1) is 11.3. The van der Waals surface area contributed by atoms with Crippen LogP contribution in [0.2, 0.25) is 5.02 Å². The van der Waals surface area contributed by atoms with Crippen molar-refractivity contribution in [3.8, 4) is 5.69 Å². The monoisotopic (exact) mass is 319 g/mol. The van der Waals surface area contributed by atoms with Gasteiger partial charge in [-0.3, -0.25) is 0 Å². The average Bonchev–Trinajstić information content (AvgIpc) is 2.96. The van der Waals surface area contributed by atoms with Gasteiger partial charge >= 0.3 is 0 Å². The Hall–Kier alpha value is -2.78. The van der Waals surface area contributed by atoms with Crippen LogP contribution in [0.1, 0.15) is 0 Å². The van der Waals surface area contributed by atoms with Gasteiger partial charge in [-0.15, -0.1) is 0 Å². The van der Waals surface area contributed by atoms with Crippen LogP contribution in [0, 0.1) is 0 Å². The molecule has 4 aromatic rings. The van der Waals surface area contributed by atoms with Gasteiger partial charge in [0.25, 0.3) is 0 Å². The number of benzene rings is 3. The van der Waals surface area contributed by atoms with E-state index in [1.807, 2.05) is 83.5 Å². The van der Waals surface area contributed by atoms with Crippen LogP contribution in [0.25, 0.3) is 16.6 Å². The minimum absolute atomic E-state index is 0.683. The summed E-state index contributed by atoms with van der Waals surface area (Å²) >= 11 is 6.44. The Labute approximate surface area is 139 Å². The summed E-state index contributed by atoms with van der Waals surface area (Å²) in [5.41, 5.74) is 2.84. The van der Waals surface area contributed by atoms with Crippen molar-refractivity contribution in [1.29, 1.82) is 0 Å². The van der Waals surface area contributed by atoms with Crippen LogP contribution in [-0.4, -0.2) is 9.78 Å². The molecule has 0 atom stereocenters. The first-order valence-electron chi connectivity index (χ1n) is 7.38. The molecule has 0 aliphatic rings. The lowest BCUT2D eigenvalue weighted by Crippen LogP contribution is -2.02. The van der Waals surface area contributed by atoms with E-state index in [9.17, 15) is 0 Å². The molecule has 112 valence electrons. The highest BCUT2D eigenvalue weighted by Gasteiger charge is 2.15. The molecule has 0 saturated heterocycles. The molecule has 0 aliphatic carbocycles. The van der Waals surface area contributed by atoms with Gasteiger partial charge in [0.05, 0.1) is 21.6 Å². The Balaban J connectivity index is 1.95. The van der Waals surface area contributed by atoms with Crippen LogP contribution in [-0.2, 0) is 0 Å². The van der Waals surface area contributed by atoms with E-state index in [-0.39, 0.29) is 0 Å². The normalized spacial score (nSPS) is 10.8. The molecule has 0 amide bonds. The molecule has 4 heteroatoms.